The Labute approximate surface area is 111 Å². The summed E-state index contributed by atoms with van der Waals surface area (Å²) >= 11 is 0. The molecule has 2 N–H and O–H groups in total. The van der Waals surface area contributed by atoms with Crippen LogP contribution in [0.2, 0.25) is 0 Å². The molecule has 6 heteroatoms. The molecule has 2 rings (SSSR count). The van der Waals surface area contributed by atoms with E-state index in [0.29, 0.717) is 6.54 Å². The van der Waals surface area contributed by atoms with Crippen LogP contribution >= 0.6 is 0 Å². The van der Waals surface area contributed by atoms with Gasteiger partial charge in [-0.2, -0.15) is 0 Å². The number of nitro benzene ring substituents is 1. The van der Waals surface area contributed by atoms with Crippen molar-refractivity contribution in [3.8, 4) is 0 Å². The van der Waals surface area contributed by atoms with Gasteiger partial charge in [-0.3, -0.25) is 14.9 Å². The van der Waals surface area contributed by atoms with Crippen LogP contribution < -0.4 is 5.73 Å². The van der Waals surface area contributed by atoms with Gasteiger partial charge < -0.3 is 10.6 Å². The minimum Gasteiger partial charge on any atom is -0.334 e. The molecule has 6 nitrogen and oxygen atoms in total. The van der Waals surface area contributed by atoms with E-state index in [1.807, 2.05) is 0 Å². The van der Waals surface area contributed by atoms with Crippen molar-refractivity contribution in [1.82, 2.24) is 4.90 Å². The summed E-state index contributed by atoms with van der Waals surface area (Å²) < 4.78 is 0. The van der Waals surface area contributed by atoms with Crippen LogP contribution in [0.4, 0.5) is 5.69 Å². The van der Waals surface area contributed by atoms with Crippen molar-refractivity contribution in [2.24, 2.45) is 5.73 Å². The molecule has 1 fully saturated rings. The van der Waals surface area contributed by atoms with Crippen molar-refractivity contribution in [2.75, 3.05) is 0 Å². The van der Waals surface area contributed by atoms with E-state index >= 15 is 0 Å². The molecule has 1 amide bonds. The molecular formula is C13H17N3O3. The number of carbonyl (C=O) groups is 1. The molecule has 1 atom stereocenters. The number of nitro groups is 1. The zero-order chi connectivity index (χ0) is 14.0. The lowest BCUT2D eigenvalue weighted by atomic mass is 10.1. The fraction of sp³-hybridized carbons (Fsp3) is 0.462. The van der Waals surface area contributed by atoms with E-state index in [0.717, 1.165) is 18.4 Å². The third-order valence-electron chi connectivity index (χ3n) is 3.16. The Morgan fingerprint density at radius 2 is 2.05 bits per heavy atom. The van der Waals surface area contributed by atoms with Gasteiger partial charge in [-0.15, -0.1) is 0 Å². The second-order valence-electron chi connectivity index (χ2n) is 4.91. The van der Waals surface area contributed by atoms with Gasteiger partial charge in [0.05, 0.1) is 11.0 Å². The molecule has 19 heavy (non-hydrogen) atoms. The maximum absolute atomic E-state index is 12.0. The van der Waals surface area contributed by atoms with Crippen molar-refractivity contribution < 1.29 is 9.72 Å². The number of nitrogens with zero attached hydrogens (tertiary/aromatic N) is 2. The average Bonchev–Trinajstić information content (AvgIpc) is 3.19. The second kappa shape index (κ2) is 5.36. The smallest absolute Gasteiger partial charge is 0.269 e. The van der Waals surface area contributed by atoms with Gasteiger partial charge in [-0.25, -0.2) is 0 Å². The summed E-state index contributed by atoms with van der Waals surface area (Å²) in [7, 11) is 0. The third-order valence-corrected chi connectivity index (χ3v) is 3.16. The molecule has 0 saturated heterocycles. The van der Waals surface area contributed by atoms with Gasteiger partial charge in [0.1, 0.15) is 0 Å². The largest absolute Gasteiger partial charge is 0.334 e. The molecule has 0 aromatic heterocycles. The molecule has 0 radical (unpaired) electrons. The van der Waals surface area contributed by atoms with Gasteiger partial charge in [-0.05, 0) is 25.3 Å². The zero-order valence-corrected chi connectivity index (χ0v) is 10.8. The number of nitrogens with two attached hydrogens (primary N) is 1. The molecule has 1 aromatic rings. The Morgan fingerprint density at radius 1 is 1.47 bits per heavy atom. The van der Waals surface area contributed by atoms with Gasteiger partial charge in [-0.1, -0.05) is 12.1 Å². The quantitative estimate of drug-likeness (QED) is 0.642. The van der Waals surface area contributed by atoms with Crippen molar-refractivity contribution in [2.45, 2.75) is 38.4 Å². The van der Waals surface area contributed by atoms with Crippen LogP contribution in [0.3, 0.4) is 0 Å². The van der Waals surface area contributed by atoms with Gasteiger partial charge in [0.2, 0.25) is 5.91 Å². The second-order valence-corrected chi connectivity index (χ2v) is 4.91. The van der Waals surface area contributed by atoms with E-state index < -0.39 is 11.0 Å². The number of rotatable bonds is 5. The molecule has 1 saturated carbocycles. The fourth-order valence-electron chi connectivity index (χ4n) is 1.95. The first-order valence-corrected chi connectivity index (χ1v) is 6.28. The Morgan fingerprint density at radius 3 is 2.47 bits per heavy atom. The highest BCUT2D eigenvalue weighted by atomic mass is 16.6. The normalized spacial score (nSPS) is 15.9. The maximum Gasteiger partial charge on any atom is 0.269 e. The highest BCUT2D eigenvalue weighted by Crippen LogP contribution is 2.29. The summed E-state index contributed by atoms with van der Waals surface area (Å²) in [5.74, 6) is -0.0687. The number of hydrogen-bond acceptors (Lipinski definition) is 4. The SMILES string of the molecule is C[C@H](N)C(=O)N(Cc1ccc([N+](=O)[O-])cc1)C1CC1. The van der Waals surface area contributed by atoms with E-state index in [1.54, 1.807) is 24.0 Å². The summed E-state index contributed by atoms with van der Waals surface area (Å²) in [5.41, 5.74) is 6.58. The van der Waals surface area contributed by atoms with Gasteiger partial charge in [0, 0.05) is 24.7 Å². The Bertz CT molecular complexity index is 480. The predicted molar refractivity (Wildman–Crippen MR) is 70.3 cm³/mol. The van der Waals surface area contributed by atoms with Gasteiger partial charge in [0.15, 0.2) is 0 Å². The number of benzene rings is 1. The van der Waals surface area contributed by atoms with Crippen molar-refractivity contribution >= 4 is 11.6 Å². The zero-order valence-electron chi connectivity index (χ0n) is 10.8. The molecule has 0 spiro atoms. The Kier molecular flexibility index (Phi) is 3.80. The minimum absolute atomic E-state index is 0.0558. The number of non-ortho nitro benzene ring substituents is 1. The van der Waals surface area contributed by atoms with E-state index in [2.05, 4.69) is 0 Å². The average molecular weight is 263 g/mol. The van der Waals surface area contributed by atoms with E-state index in [4.69, 9.17) is 5.73 Å². The first-order chi connectivity index (χ1) is 8.99. The summed E-state index contributed by atoms with van der Waals surface area (Å²) in [6, 6.07) is 6.03. The topological polar surface area (TPSA) is 89.5 Å². The standard InChI is InChI=1S/C13H17N3O3/c1-9(14)13(17)15(11-6-7-11)8-10-2-4-12(5-3-10)16(18)19/h2-5,9,11H,6-8,14H2,1H3/t9-/m0/s1. The highest BCUT2D eigenvalue weighted by molar-refractivity contribution is 5.81. The molecule has 1 aromatic carbocycles. The first kappa shape index (κ1) is 13.5. The van der Waals surface area contributed by atoms with Crippen LogP contribution in [0.1, 0.15) is 25.3 Å². The van der Waals surface area contributed by atoms with Crippen LogP contribution in [0.5, 0.6) is 0 Å². The maximum atomic E-state index is 12.0. The van der Waals surface area contributed by atoms with Crippen LogP contribution in [0, 0.1) is 10.1 Å². The molecule has 0 heterocycles. The van der Waals surface area contributed by atoms with Crippen LogP contribution in [0.15, 0.2) is 24.3 Å². The van der Waals surface area contributed by atoms with Crippen LogP contribution in [-0.2, 0) is 11.3 Å². The van der Waals surface area contributed by atoms with E-state index in [-0.39, 0.29) is 17.6 Å². The van der Waals surface area contributed by atoms with Crippen molar-refractivity contribution in [3.63, 3.8) is 0 Å². The summed E-state index contributed by atoms with van der Waals surface area (Å²) in [6.45, 7) is 2.14. The number of carbonyl (C=O) groups excluding carboxylic acids is 1. The molecular weight excluding hydrogens is 246 g/mol. The van der Waals surface area contributed by atoms with Gasteiger partial charge in [0.25, 0.3) is 5.69 Å². The van der Waals surface area contributed by atoms with Gasteiger partial charge >= 0.3 is 0 Å². The molecule has 0 unspecified atom stereocenters. The molecule has 1 aliphatic carbocycles. The summed E-state index contributed by atoms with van der Waals surface area (Å²) in [4.78, 5) is 23.9. The Hall–Kier alpha value is -1.95. The molecule has 102 valence electrons. The van der Waals surface area contributed by atoms with Crippen molar-refractivity contribution in [1.29, 1.82) is 0 Å². The lowest BCUT2D eigenvalue weighted by Gasteiger charge is -2.24. The number of hydrogen-bond donors (Lipinski definition) is 1. The highest BCUT2D eigenvalue weighted by Gasteiger charge is 2.33. The molecule has 1 aliphatic rings. The number of amides is 1. The van der Waals surface area contributed by atoms with Crippen LogP contribution in [0.25, 0.3) is 0 Å². The molecule has 0 bridgehead atoms. The third kappa shape index (κ3) is 3.29. The lowest BCUT2D eigenvalue weighted by Crippen LogP contribution is -2.42. The first-order valence-electron chi connectivity index (χ1n) is 6.28. The summed E-state index contributed by atoms with van der Waals surface area (Å²) in [6.07, 6.45) is 2.01. The predicted octanol–water partition coefficient (Wildman–Crippen LogP) is 1.43. The van der Waals surface area contributed by atoms with E-state index in [1.165, 1.54) is 12.1 Å². The monoisotopic (exact) mass is 263 g/mol. The van der Waals surface area contributed by atoms with Crippen LogP contribution in [-0.4, -0.2) is 27.8 Å². The summed E-state index contributed by atoms with van der Waals surface area (Å²) in [5, 5.41) is 10.6. The Balaban J connectivity index is 2.09. The molecule has 0 aliphatic heterocycles. The van der Waals surface area contributed by atoms with Crippen molar-refractivity contribution in [3.05, 3.63) is 39.9 Å². The minimum atomic E-state index is -0.515. The van der Waals surface area contributed by atoms with E-state index in [9.17, 15) is 14.9 Å². The fourth-order valence-corrected chi connectivity index (χ4v) is 1.95. The lowest BCUT2D eigenvalue weighted by molar-refractivity contribution is -0.384.